The molecule has 2 aromatic rings. The summed E-state index contributed by atoms with van der Waals surface area (Å²) in [5, 5.41) is 0. The molecule has 0 aliphatic rings. The topological polar surface area (TPSA) is 52.6 Å². The van der Waals surface area contributed by atoms with Crippen molar-refractivity contribution in [3.8, 4) is 11.5 Å². The molecule has 0 heterocycles. The Morgan fingerprint density at radius 2 is 1.56 bits per heavy atom. The van der Waals surface area contributed by atoms with Crippen LogP contribution in [0.25, 0.3) is 0 Å². The molecule has 2 aromatic carbocycles. The molecule has 25 heavy (non-hydrogen) atoms. The van der Waals surface area contributed by atoms with Gasteiger partial charge in [0, 0.05) is 18.2 Å². The standard InChI is InChI=1S/C18H13F3O4/c1-2-3-4-16(22)24-12-7-5-11(6-8-12)18(23)25-13-9-14(19)17(21)15(20)10-13/h3-10H,2H2,1H3/b4-3+. The van der Waals surface area contributed by atoms with Gasteiger partial charge in [-0.15, -0.1) is 0 Å². The Labute approximate surface area is 141 Å². The lowest BCUT2D eigenvalue weighted by molar-refractivity contribution is -0.129. The summed E-state index contributed by atoms with van der Waals surface area (Å²) in [6, 6.07) is 6.47. The third kappa shape index (κ3) is 4.94. The van der Waals surface area contributed by atoms with Gasteiger partial charge in [0.05, 0.1) is 5.56 Å². The van der Waals surface area contributed by atoms with E-state index in [1.54, 1.807) is 6.08 Å². The zero-order chi connectivity index (χ0) is 18.4. The van der Waals surface area contributed by atoms with E-state index in [0.29, 0.717) is 18.6 Å². The Morgan fingerprint density at radius 3 is 2.12 bits per heavy atom. The van der Waals surface area contributed by atoms with Crippen molar-refractivity contribution < 1.29 is 32.2 Å². The highest BCUT2D eigenvalue weighted by Crippen LogP contribution is 2.21. The van der Waals surface area contributed by atoms with E-state index in [9.17, 15) is 22.8 Å². The van der Waals surface area contributed by atoms with Crippen LogP contribution in [0, 0.1) is 17.5 Å². The fourth-order valence-corrected chi connectivity index (χ4v) is 1.78. The number of carbonyl (C=O) groups is 2. The zero-order valence-corrected chi connectivity index (χ0v) is 13.1. The van der Waals surface area contributed by atoms with Crippen LogP contribution in [0.4, 0.5) is 13.2 Å². The first kappa shape index (κ1) is 18.3. The van der Waals surface area contributed by atoms with Gasteiger partial charge < -0.3 is 9.47 Å². The molecule has 2 rings (SSSR count). The van der Waals surface area contributed by atoms with Gasteiger partial charge in [0.15, 0.2) is 17.5 Å². The summed E-state index contributed by atoms with van der Waals surface area (Å²) >= 11 is 0. The lowest BCUT2D eigenvalue weighted by Gasteiger charge is -2.06. The highest BCUT2D eigenvalue weighted by Gasteiger charge is 2.15. The Balaban J connectivity index is 2.05. The number of esters is 2. The van der Waals surface area contributed by atoms with Crippen LogP contribution in [-0.2, 0) is 4.79 Å². The van der Waals surface area contributed by atoms with Crippen molar-refractivity contribution in [3.05, 3.63) is 71.6 Å². The monoisotopic (exact) mass is 350 g/mol. The fourth-order valence-electron chi connectivity index (χ4n) is 1.78. The van der Waals surface area contributed by atoms with Crippen LogP contribution in [0.3, 0.4) is 0 Å². The van der Waals surface area contributed by atoms with Crippen LogP contribution in [0.1, 0.15) is 23.7 Å². The number of ether oxygens (including phenoxy) is 2. The molecular formula is C18H13F3O4. The minimum absolute atomic E-state index is 0.0500. The van der Waals surface area contributed by atoms with Gasteiger partial charge in [-0.1, -0.05) is 13.0 Å². The van der Waals surface area contributed by atoms with Gasteiger partial charge in [-0.25, -0.2) is 22.8 Å². The number of hydrogen-bond donors (Lipinski definition) is 0. The van der Waals surface area contributed by atoms with Crippen molar-refractivity contribution in [2.45, 2.75) is 13.3 Å². The van der Waals surface area contributed by atoms with E-state index in [4.69, 9.17) is 9.47 Å². The molecule has 0 atom stereocenters. The number of rotatable bonds is 5. The third-order valence-corrected chi connectivity index (χ3v) is 2.97. The smallest absolute Gasteiger partial charge is 0.343 e. The Bertz CT molecular complexity index is 791. The summed E-state index contributed by atoms with van der Waals surface area (Å²) in [6.07, 6.45) is 3.60. The van der Waals surface area contributed by atoms with E-state index in [1.807, 2.05) is 6.92 Å². The van der Waals surface area contributed by atoms with E-state index in [1.165, 1.54) is 30.3 Å². The normalized spacial score (nSPS) is 10.7. The van der Waals surface area contributed by atoms with Crippen LogP contribution in [-0.4, -0.2) is 11.9 Å². The van der Waals surface area contributed by atoms with Crippen LogP contribution < -0.4 is 9.47 Å². The number of benzene rings is 2. The van der Waals surface area contributed by atoms with E-state index >= 15 is 0 Å². The van der Waals surface area contributed by atoms with Gasteiger partial charge in [-0.05, 0) is 30.7 Å². The second-order valence-electron chi connectivity index (χ2n) is 4.85. The maximum absolute atomic E-state index is 13.1. The minimum Gasteiger partial charge on any atom is -0.423 e. The summed E-state index contributed by atoms with van der Waals surface area (Å²) in [4.78, 5) is 23.3. The first-order valence-electron chi connectivity index (χ1n) is 7.26. The molecule has 0 saturated heterocycles. The third-order valence-electron chi connectivity index (χ3n) is 2.97. The predicted octanol–water partition coefficient (Wildman–Crippen LogP) is 4.19. The summed E-state index contributed by atoms with van der Waals surface area (Å²) in [5.74, 6) is -6.31. The molecule has 0 bridgehead atoms. The van der Waals surface area contributed by atoms with Crippen molar-refractivity contribution in [3.63, 3.8) is 0 Å². The summed E-state index contributed by atoms with van der Waals surface area (Å²) < 4.78 is 48.8. The van der Waals surface area contributed by atoms with Crippen LogP contribution >= 0.6 is 0 Å². The second kappa shape index (κ2) is 8.14. The van der Waals surface area contributed by atoms with Gasteiger partial charge >= 0.3 is 11.9 Å². The van der Waals surface area contributed by atoms with Gasteiger partial charge in [0.1, 0.15) is 11.5 Å². The molecule has 130 valence electrons. The largest absolute Gasteiger partial charge is 0.423 e. The van der Waals surface area contributed by atoms with Gasteiger partial charge in [-0.2, -0.15) is 0 Å². The van der Waals surface area contributed by atoms with Crippen molar-refractivity contribution in [2.75, 3.05) is 0 Å². The van der Waals surface area contributed by atoms with Crippen molar-refractivity contribution in [2.24, 2.45) is 0 Å². The summed E-state index contributed by atoms with van der Waals surface area (Å²) in [7, 11) is 0. The highest BCUT2D eigenvalue weighted by atomic mass is 19.2. The van der Waals surface area contributed by atoms with Crippen molar-refractivity contribution in [1.29, 1.82) is 0 Å². The van der Waals surface area contributed by atoms with Gasteiger partial charge in [-0.3, -0.25) is 0 Å². The van der Waals surface area contributed by atoms with Crippen molar-refractivity contribution >= 4 is 11.9 Å². The first-order chi connectivity index (χ1) is 11.9. The van der Waals surface area contributed by atoms with E-state index in [2.05, 4.69) is 0 Å². The summed E-state index contributed by atoms with van der Waals surface area (Å²) in [6.45, 7) is 1.86. The minimum atomic E-state index is -1.65. The van der Waals surface area contributed by atoms with E-state index in [0.717, 1.165) is 0 Å². The average Bonchev–Trinajstić information content (AvgIpc) is 2.58. The number of allylic oxidation sites excluding steroid dienone is 1. The molecule has 0 saturated carbocycles. The molecule has 0 aromatic heterocycles. The molecule has 4 nitrogen and oxygen atoms in total. The predicted molar refractivity (Wildman–Crippen MR) is 82.8 cm³/mol. The van der Waals surface area contributed by atoms with E-state index in [-0.39, 0.29) is 11.3 Å². The molecule has 0 aliphatic carbocycles. The molecule has 0 fully saturated rings. The molecule has 0 amide bonds. The number of halogens is 3. The number of hydrogen-bond acceptors (Lipinski definition) is 4. The lowest BCUT2D eigenvalue weighted by Crippen LogP contribution is -2.10. The molecule has 0 radical (unpaired) electrons. The number of carbonyl (C=O) groups excluding carboxylic acids is 2. The Morgan fingerprint density at radius 1 is 0.960 bits per heavy atom. The van der Waals surface area contributed by atoms with E-state index < -0.39 is 35.1 Å². The van der Waals surface area contributed by atoms with Gasteiger partial charge in [0.25, 0.3) is 0 Å². The maximum atomic E-state index is 13.1. The molecule has 7 heteroatoms. The fraction of sp³-hybridized carbons (Fsp3) is 0.111. The molecular weight excluding hydrogens is 337 g/mol. The molecule has 0 unspecified atom stereocenters. The zero-order valence-electron chi connectivity index (χ0n) is 13.1. The van der Waals surface area contributed by atoms with Crippen LogP contribution in [0.2, 0.25) is 0 Å². The average molecular weight is 350 g/mol. The maximum Gasteiger partial charge on any atom is 0.343 e. The lowest BCUT2D eigenvalue weighted by atomic mass is 10.2. The van der Waals surface area contributed by atoms with Crippen LogP contribution in [0.15, 0.2) is 48.6 Å². The van der Waals surface area contributed by atoms with Gasteiger partial charge in [0.2, 0.25) is 0 Å². The quantitative estimate of drug-likeness (QED) is 0.351. The second-order valence-corrected chi connectivity index (χ2v) is 4.85. The SMILES string of the molecule is CC/C=C/C(=O)Oc1ccc(C(=O)Oc2cc(F)c(F)c(F)c2)cc1. The molecule has 0 spiro atoms. The highest BCUT2D eigenvalue weighted by molar-refractivity contribution is 5.91. The summed E-state index contributed by atoms with van der Waals surface area (Å²) in [5.41, 5.74) is 0.0500. The van der Waals surface area contributed by atoms with Crippen LogP contribution in [0.5, 0.6) is 11.5 Å². The Kier molecular flexibility index (Phi) is 5.94. The first-order valence-corrected chi connectivity index (χ1v) is 7.26. The molecule has 0 N–H and O–H groups in total. The van der Waals surface area contributed by atoms with Crippen molar-refractivity contribution in [1.82, 2.24) is 0 Å². The Hall–Kier alpha value is -3.09. The molecule has 0 aliphatic heterocycles.